The van der Waals surface area contributed by atoms with Crippen molar-refractivity contribution in [2.75, 3.05) is 0 Å². The molecule has 0 radical (unpaired) electrons. The van der Waals surface area contributed by atoms with E-state index >= 15 is 0 Å². The van der Waals surface area contributed by atoms with Gasteiger partial charge in [-0.05, 0) is 111 Å². The molecule has 4 nitrogen and oxygen atoms in total. The summed E-state index contributed by atoms with van der Waals surface area (Å²) in [6.07, 6.45) is 0. The summed E-state index contributed by atoms with van der Waals surface area (Å²) in [5.74, 6) is 0.675. The standard InChI is InChI=1S/C70H50N4/c1-69(2)55-30-15-11-26-48(55)50-35-38-62-64(66(50)69)52-28-13-17-32-59(52)73(62)47-25-19-24-45(40-47)54-41-46(68-71-57(43-20-7-5-8-21-43)42-58(72-68)44-22-9-6-10-23-44)34-37-61(54)74-60-33-18-14-29-53(60)65-63(74)39-36-51-49-27-12-16-31-56(49)70(3,4)67(51)65/h5-42H,1-4H3. The van der Waals surface area contributed by atoms with Crippen molar-refractivity contribution < 1.29 is 0 Å². The van der Waals surface area contributed by atoms with E-state index < -0.39 is 0 Å². The number of para-hydroxylation sites is 2. The van der Waals surface area contributed by atoms with Crippen LogP contribution in [0.4, 0.5) is 0 Å². The molecule has 13 aromatic rings. The lowest BCUT2D eigenvalue weighted by Gasteiger charge is -2.23. The summed E-state index contributed by atoms with van der Waals surface area (Å²) in [5, 5.41) is 5.14. The first kappa shape index (κ1) is 42.6. The van der Waals surface area contributed by atoms with Crippen LogP contribution in [0.3, 0.4) is 0 Å². The Morgan fingerprint density at radius 3 is 1.39 bits per heavy atom. The average molecular weight is 947 g/mol. The van der Waals surface area contributed by atoms with Crippen molar-refractivity contribution in [1.82, 2.24) is 19.1 Å². The summed E-state index contributed by atoms with van der Waals surface area (Å²) in [6, 6.07) is 84.3. The van der Waals surface area contributed by atoms with Gasteiger partial charge in [-0.25, -0.2) is 9.97 Å². The highest BCUT2D eigenvalue weighted by atomic mass is 15.0. The Morgan fingerprint density at radius 1 is 0.324 bits per heavy atom. The summed E-state index contributed by atoms with van der Waals surface area (Å²) in [6.45, 7) is 9.57. The Hall–Kier alpha value is -9.12. The number of fused-ring (bicyclic) bond motifs is 14. The van der Waals surface area contributed by atoms with Crippen molar-refractivity contribution in [1.29, 1.82) is 0 Å². The molecule has 2 aliphatic carbocycles. The fourth-order valence-electron chi connectivity index (χ4n) is 13.2. The third-order valence-corrected chi connectivity index (χ3v) is 16.5. The molecule has 0 N–H and O–H groups in total. The van der Waals surface area contributed by atoms with Crippen molar-refractivity contribution in [3.8, 4) is 78.7 Å². The van der Waals surface area contributed by atoms with E-state index in [1.807, 2.05) is 0 Å². The van der Waals surface area contributed by atoms with Crippen molar-refractivity contribution >= 4 is 43.6 Å². The maximum absolute atomic E-state index is 5.36. The van der Waals surface area contributed by atoms with Crippen LogP contribution in [0, 0.1) is 0 Å². The van der Waals surface area contributed by atoms with E-state index in [9.17, 15) is 0 Å². The molecule has 2 aliphatic rings. The van der Waals surface area contributed by atoms with Gasteiger partial charge in [-0.15, -0.1) is 0 Å². The van der Waals surface area contributed by atoms with E-state index in [0.29, 0.717) is 5.82 Å². The summed E-state index contributed by atoms with van der Waals surface area (Å²) < 4.78 is 5.00. The first-order valence-corrected chi connectivity index (χ1v) is 25.8. The summed E-state index contributed by atoms with van der Waals surface area (Å²) in [5.41, 5.74) is 24.4. The summed E-state index contributed by atoms with van der Waals surface area (Å²) in [4.78, 5) is 10.7. The fraction of sp³-hybridized carbons (Fsp3) is 0.0857. The number of nitrogens with zero attached hydrogens (tertiary/aromatic N) is 4. The van der Waals surface area contributed by atoms with Crippen LogP contribution in [-0.4, -0.2) is 19.1 Å². The molecule has 0 unspecified atom stereocenters. The van der Waals surface area contributed by atoms with Crippen molar-refractivity contribution in [3.63, 3.8) is 0 Å². The summed E-state index contributed by atoms with van der Waals surface area (Å²) >= 11 is 0. The van der Waals surface area contributed by atoms with Gasteiger partial charge in [0.25, 0.3) is 0 Å². The molecule has 74 heavy (non-hydrogen) atoms. The zero-order valence-corrected chi connectivity index (χ0v) is 41.7. The van der Waals surface area contributed by atoms with Gasteiger partial charge >= 0.3 is 0 Å². The van der Waals surface area contributed by atoms with E-state index in [1.165, 1.54) is 88.1 Å². The Morgan fingerprint density at radius 2 is 0.811 bits per heavy atom. The number of hydrogen-bond donors (Lipinski definition) is 0. The molecular formula is C70H50N4. The van der Waals surface area contributed by atoms with Gasteiger partial charge in [0.05, 0.1) is 39.1 Å². The van der Waals surface area contributed by atoms with Gasteiger partial charge in [0, 0.05) is 60.3 Å². The average Bonchev–Trinajstić information content (AvgIpc) is 4.23. The monoisotopic (exact) mass is 946 g/mol. The van der Waals surface area contributed by atoms with Crippen LogP contribution in [0.15, 0.2) is 231 Å². The van der Waals surface area contributed by atoms with Gasteiger partial charge in [-0.2, -0.15) is 0 Å². The lowest BCUT2D eigenvalue weighted by atomic mass is 9.80. The third-order valence-electron chi connectivity index (χ3n) is 16.5. The SMILES string of the molecule is CC1(C)c2ccccc2-c2ccc3c(c21)c1ccccc1n3-c1cccc(-c2cc(-c3nc(-c4ccccc4)cc(-c4ccccc4)n3)ccc2-n2c3ccccc3c3c4c(ccc32)-c2ccccc2C4(C)C)c1. The van der Waals surface area contributed by atoms with Gasteiger partial charge in [0.2, 0.25) is 0 Å². The van der Waals surface area contributed by atoms with Gasteiger partial charge in [0.15, 0.2) is 5.82 Å². The predicted octanol–water partition coefficient (Wildman–Crippen LogP) is 18.0. The lowest BCUT2D eigenvalue weighted by molar-refractivity contribution is 0.666. The van der Waals surface area contributed by atoms with Gasteiger partial charge < -0.3 is 9.13 Å². The van der Waals surface area contributed by atoms with E-state index in [1.54, 1.807) is 0 Å². The smallest absolute Gasteiger partial charge is 0.160 e. The van der Waals surface area contributed by atoms with Gasteiger partial charge in [-0.1, -0.05) is 198 Å². The molecule has 3 heterocycles. The second-order valence-corrected chi connectivity index (χ2v) is 21.3. The van der Waals surface area contributed by atoms with E-state index in [0.717, 1.165) is 50.6 Å². The van der Waals surface area contributed by atoms with Crippen molar-refractivity contribution in [3.05, 3.63) is 253 Å². The molecule has 350 valence electrons. The largest absolute Gasteiger partial charge is 0.309 e. The predicted molar refractivity (Wildman–Crippen MR) is 308 cm³/mol. The first-order valence-electron chi connectivity index (χ1n) is 25.8. The Labute approximate surface area is 430 Å². The minimum atomic E-state index is -0.195. The summed E-state index contributed by atoms with van der Waals surface area (Å²) in [7, 11) is 0. The topological polar surface area (TPSA) is 35.6 Å². The Bertz CT molecular complexity index is 4420. The zero-order chi connectivity index (χ0) is 49.5. The highest BCUT2D eigenvalue weighted by Crippen LogP contribution is 2.55. The third kappa shape index (κ3) is 6.03. The van der Waals surface area contributed by atoms with Crippen molar-refractivity contribution in [2.24, 2.45) is 0 Å². The minimum Gasteiger partial charge on any atom is -0.309 e. The number of hydrogen-bond acceptors (Lipinski definition) is 2. The van der Waals surface area contributed by atoms with E-state index in [2.05, 4.69) is 267 Å². The van der Waals surface area contributed by atoms with Crippen molar-refractivity contribution in [2.45, 2.75) is 38.5 Å². The quantitative estimate of drug-likeness (QED) is 0.166. The molecule has 0 aliphatic heterocycles. The fourth-order valence-corrected chi connectivity index (χ4v) is 13.2. The highest BCUT2D eigenvalue weighted by Gasteiger charge is 2.39. The normalized spacial score (nSPS) is 13.9. The Balaban J connectivity index is 0.996. The second-order valence-electron chi connectivity index (χ2n) is 21.3. The van der Waals surface area contributed by atoms with Crippen LogP contribution < -0.4 is 0 Å². The molecule has 0 fully saturated rings. The van der Waals surface area contributed by atoms with Gasteiger partial charge in [-0.3, -0.25) is 0 Å². The van der Waals surface area contributed by atoms with Crippen LogP contribution in [0.5, 0.6) is 0 Å². The van der Waals surface area contributed by atoms with Crippen LogP contribution in [0.1, 0.15) is 49.9 Å². The van der Waals surface area contributed by atoms with Crippen LogP contribution in [0.2, 0.25) is 0 Å². The molecule has 0 atom stereocenters. The maximum Gasteiger partial charge on any atom is 0.160 e. The second kappa shape index (κ2) is 15.7. The van der Waals surface area contributed by atoms with Crippen LogP contribution in [0.25, 0.3) is 122 Å². The molecule has 0 saturated heterocycles. The number of rotatable bonds is 6. The zero-order valence-electron chi connectivity index (χ0n) is 41.7. The molecule has 0 saturated carbocycles. The number of benzene rings is 10. The molecule has 4 heteroatoms. The molecule has 0 spiro atoms. The van der Waals surface area contributed by atoms with Gasteiger partial charge in [0.1, 0.15) is 0 Å². The highest BCUT2D eigenvalue weighted by molar-refractivity contribution is 6.16. The molecular weight excluding hydrogens is 897 g/mol. The van der Waals surface area contributed by atoms with E-state index in [4.69, 9.17) is 9.97 Å². The molecule has 0 amide bonds. The molecule has 15 rings (SSSR count). The Kier molecular flexibility index (Phi) is 9.02. The minimum absolute atomic E-state index is 0.168. The van der Waals surface area contributed by atoms with E-state index in [-0.39, 0.29) is 10.8 Å². The molecule has 10 aromatic carbocycles. The lowest BCUT2D eigenvalue weighted by Crippen LogP contribution is -2.15. The van der Waals surface area contributed by atoms with Crippen LogP contribution in [-0.2, 0) is 10.8 Å². The maximum atomic E-state index is 5.36. The number of aromatic nitrogens is 4. The first-order chi connectivity index (χ1) is 36.2. The molecule has 0 bridgehead atoms. The van der Waals surface area contributed by atoms with Crippen LogP contribution >= 0.6 is 0 Å². The molecule has 3 aromatic heterocycles.